The molecule has 23 heavy (non-hydrogen) atoms. The van der Waals surface area contributed by atoms with E-state index in [-0.39, 0.29) is 36.0 Å². The van der Waals surface area contributed by atoms with Gasteiger partial charge in [-0.15, -0.1) is 0 Å². The maximum Gasteiger partial charge on any atom is 0.225 e. The molecule has 1 aliphatic carbocycles. The molecule has 2 amide bonds. The Morgan fingerprint density at radius 3 is 2.39 bits per heavy atom. The number of hydrogen-bond donors (Lipinski definition) is 0. The topological polar surface area (TPSA) is 40.6 Å². The first-order chi connectivity index (χ1) is 11.1. The molecule has 1 saturated carbocycles. The van der Waals surface area contributed by atoms with Gasteiger partial charge in [0.05, 0.1) is 0 Å². The Morgan fingerprint density at radius 2 is 1.78 bits per heavy atom. The molecule has 0 aromatic heterocycles. The third-order valence-electron chi connectivity index (χ3n) is 4.82. The zero-order valence-corrected chi connectivity index (χ0v) is 13.5. The second-order valence-corrected chi connectivity index (χ2v) is 6.66. The Morgan fingerprint density at radius 1 is 1.13 bits per heavy atom. The van der Waals surface area contributed by atoms with Crippen LogP contribution < -0.4 is 0 Å². The standard InChI is InChI=1S/C18H23FN2O2/c1-20(12-15-4-2-3-5-16(15)19)17(22)14-8-10-21(11-9-14)18(23)13-6-7-13/h2-5,13-14H,6-12H2,1H3. The lowest BCUT2D eigenvalue weighted by Crippen LogP contribution is -2.43. The predicted molar refractivity (Wildman–Crippen MR) is 84.9 cm³/mol. The first-order valence-corrected chi connectivity index (χ1v) is 8.33. The van der Waals surface area contributed by atoms with Gasteiger partial charge in [0, 0.05) is 44.1 Å². The van der Waals surface area contributed by atoms with Crippen LogP contribution in [0, 0.1) is 17.7 Å². The minimum absolute atomic E-state index is 0.0479. The van der Waals surface area contributed by atoms with E-state index in [0.29, 0.717) is 31.5 Å². The number of benzene rings is 1. The maximum absolute atomic E-state index is 13.7. The van der Waals surface area contributed by atoms with E-state index >= 15 is 0 Å². The monoisotopic (exact) mass is 318 g/mol. The van der Waals surface area contributed by atoms with Gasteiger partial charge in [0.1, 0.15) is 5.82 Å². The highest BCUT2D eigenvalue weighted by atomic mass is 19.1. The second-order valence-electron chi connectivity index (χ2n) is 6.66. The zero-order chi connectivity index (χ0) is 16.4. The minimum Gasteiger partial charge on any atom is -0.342 e. The van der Waals surface area contributed by atoms with Crippen molar-refractivity contribution < 1.29 is 14.0 Å². The first kappa shape index (κ1) is 16.0. The van der Waals surface area contributed by atoms with Gasteiger partial charge in [0.25, 0.3) is 0 Å². The van der Waals surface area contributed by atoms with Gasteiger partial charge in [0.2, 0.25) is 11.8 Å². The van der Waals surface area contributed by atoms with Gasteiger partial charge in [-0.2, -0.15) is 0 Å². The van der Waals surface area contributed by atoms with Crippen molar-refractivity contribution in [3.63, 3.8) is 0 Å². The number of carbonyl (C=O) groups is 2. The summed E-state index contributed by atoms with van der Waals surface area (Å²) in [7, 11) is 1.72. The van der Waals surface area contributed by atoms with E-state index in [1.54, 1.807) is 30.1 Å². The van der Waals surface area contributed by atoms with Gasteiger partial charge in [-0.05, 0) is 31.7 Å². The van der Waals surface area contributed by atoms with Gasteiger partial charge in [0.15, 0.2) is 0 Å². The molecule has 0 N–H and O–H groups in total. The normalized spacial score (nSPS) is 18.8. The maximum atomic E-state index is 13.7. The van der Waals surface area contributed by atoms with Gasteiger partial charge >= 0.3 is 0 Å². The molecule has 1 saturated heterocycles. The van der Waals surface area contributed by atoms with Gasteiger partial charge < -0.3 is 9.80 Å². The molecule has 1 aromatic rings. The van der Waals surface area contributed by atoms with E-state index in [0.717, 1.165) is 12.8 Å². The van der Waals surface area contributed by atoms with Crippen LogP contribution in [0.1, 0.15) is 31.2 Å². The molecule has 124 valence electrons. The molecule has 0 atom stereocenters. The average molecular weight is 318 g/mol. The third kappa shape index (κ3) is 3.71. The number of amides is 2. The molecule has 0 radical (unpaired) electrons. The Labute approximate surface area is 136 Å². The summed E-state index contributed by atoms with van der Waals surface area (Å²) in [5, 5.41) is 0. The van der Waals surface area contributed by atoms with Gasteiger partial charge in [-0.1, -0.05) is 18.2 Å². The Bertz CT molecular complexity index is 592. The van der Waals surface area contributed by atoms with Crippen molar-refractivity contribution in [2.45, 2.75) is 32.2 Å². The smallest absolute Gasteiger partial charge is 0.225 e. The van der Waals surface area contributed by atoms with E-state index < -0.39 is 0 Å². The van der Waals surface area contributed by atoms with Crippen molar-refractivity contribution in [3.05, 3.63) is 35.6 Å². The van der Waals surface area contributed by atoms with Gasteiger partial charge in [-0.25, -0.2) is 4.39 Å². The lowest BCUT2D eigenvalue weighted by molar-refractivity contribution is -0.140. The first-order valence-electron chi connectivity index (χ1n) is 8.33. The highest BCUT2D eigenvalue weighted by Gasteiger charge is 2.36. The van der Waals surface area contributed by atoms with Crippen LogP contribution in [-0.4, -0.2) is 41.8 Å². The average Bonchev–Trinajstić information content (AvgIpc) is 3.40. The fraction of sp³-hybridized carbons (Fsp3) is 0.556. The Balaban J connectivity index is 1.52. The lowest BCUT2D eigenvalue weighted by Gasteiger charge is -2.33. The molecule has 1 aromatic carbocycles. The largest absolute Gasteiger partial charge is 0.342 e. The van der Waals surface area contributed by atoms with Crippen LogP contribution >= 0.6 is 0 Å². The van der Waals surface area contributed by atoms with Crippen LogP contribution in [0.15, 0.2) is 24.3 Å². The van der Waals surface area contributed by atoms with Crippen LogP contribution in [0.25, 0.3) is 0 Å². The van der Waals surface area contributed by atoms with Crippen molar-refractivity contribution in [1.82, 2.24) is 9.80 Å². The molecule has 2 fully saturated rings. The summed E-state index contributed by atoms with van der Waals surface area (Å²) >= 11 is 0. The third-order valence-corrected chi connectivity index (χ3v) is 4.82. The number of likely N-dealkylation sites (tertiary alicyclic amines) is 1. The van der Waals surface area contributed by atoms with E-state index in [1.165, 1.54) is 6.07 Å². The van der Waals surface area contributed by atoms with Crippen molar-refractivity contribution in [1.29, 1.82) is 0 Å². The number of nitrogens with zero attached hydrogens (tertiary/aromatic N) is 2. The molecule has 5 heteroatoms. The highest BCUT2D eigenvalue weighted by molar-refractivity contribution is 5.82. The van der Waals surface area contributed by atoms with Crippen LogP contribution in [0.2, 0.25) is 0 Å². The van der Waals surface area contributed by atoms with E-state index in [2.05, 4.69) is 0 Å². The van der Waals surface area contributed by atoms with E-state index in [4.69, 9.17) is 0 Å². The molecular weight excluding hydrogens is 295 g/mol. The molecular formula is C18H23FN2O2. The van der Waals surface area contributed by atoms with Crippen LogP contribution in [0.3, 0.4) is 0 Å². The summed E-state index contributed by atoms with van der Waals surface area (Å²) in [5.74, 6) is 0.209. The van der Waals surface area contributed by atoms with Gasteiger partial charge in [-0.3, -0.25) is 9.59 Å². The number of halogens is 1. The Kier molecular flexibility index (Phi) is 4.64. The van der Waals surface area contributed by atoms with Crippen molar-refractivity contribution in [2.75, 3.05) is 20.1 Å². The molecule has 1 aliphatic heterocycles. The highest BCUT2D eigenvalue weighted by Crippen LogP contribution is 2.32. The SMILES string of the molecule is CN(Cc1ccccc1F)C(=O)C1CCN(C(=O)C2CC2)CC1. The predicted octanol–water partition coefficient (Wildman–Crippen LogP) is 2.43. The molecule has 2 aliphatic rings. The zero-order valence-electron chi connectivity index (χ0n) is 13.5. The molecule has 4 nitrogen and oxygen atoms in total. The second kappa shape index (κ2) is 6.69. The summed E-state index contributed by atoms with van der Waals surface area (Å²) in [6.07, 6.45) is 3.45. The quantitative estimate of drug-likeness (QED) is 0.855. The fourth-order valence-electron chi connectivity index (χ4n) is 3.21. The van der Waals surface area contributed by atoms with Crippen LogP contribution in [0.4, 0.5) is 4.39 Å². The van der Waals surface area contributed by atoms with E-state index in [1.807, 2.05) is 4.90 Å². The van der Waals surface area contributed by atoms with Crippen LogP contribution in [-0.2, 0) is 16.1 Å². The van der Waals surface area contributed by atoms with E-state index in [9.17, 15) is 14.0 Å². The Hall–Kier alpha value is -1.91. The number of rotatable bonds is 4. The van der Waals surface area contributed by atoms with Crippen molar-refractivity contribution >= 4 is 11.8 Å². The number of carbonyl (C=O) groups excluding carboxylic acids is 2. The molecule has 0 unspecified atom stereocenters. The fourth-order valence-corrected chi connectivity index (χ4v) is 3.21. The van der Waals surface area contributed by atoms with Crippen molar-refractivity contribution in [3.8, 4) is 0 Å². The molecule has 0 bridgehead atoms. The minimum atomic E-state index is -0.281. The summed E-state index contributed by atoms with van der Waals surface area (Å²) in [5.41, 5.74) is 0.532. The summed E-state index contributed by atoms with van der Waals surface area (Å²) < 4.78 is 13.7. The number of piperidine rings is 1. The molecule has 0 spiro atoms. The summed E-state index contributed by atoms with van der Waals surface area (Å²) in [6, 6.07) is 6.54. The molecule has 1 heterocycles. The lowest BCUT2D eigenvalue weighted by atomic mass is 9.95. The van der Waals surface area contributed by atoms with Crippen LogP contribution in [0.5, 0.6) is 0 Å². The summed E-state index contributed by atoms with van der Waals surface area (Å²) in [4.78, 5) is 28.1. The summed E-state index contributed by atoms with van der Waals surface area (Å²) in [6.45, 7) is 1.62. The number of hydrogen-bond acceptors (Lipinski definition) is 2. The van der Waals surface area contributed by atoms with Crippen molar-refractivity contribution in [2.24, 2.45) is 11.8 Å². The molecule has 3 rings (SSSR count).